The Kier molecular flexibility index (Phi) is 18.4. The number of alkyl halides is 6. The fraction of sp³-hybridized carbons (Fsp3) is 0.708. The summed E-state index contributed by atoms with van der Waals surface area (Å²) in [6, 6.07) is 3.63. The van der Waals surface area contributed by atoms with E-state index < -0.39 is 35.4 Å². The SMILES string of the molecule is C=C(C(=O)OCCCCCCCCC1CCC(C(=O)Oc2ccc(OC(=O)C3CCC(CCCCCCCOC(=O)C(=C)C(F)(F)F)CC3)c3c2C2CCC3C2)CC1)C(F)(F)F. The minimum atomic E-state index is -4.78. The quantitative estimate of drug-likeness (QED) is 0.0352. The maximum absolute atomic E-state index is 13.5. The van der Waals surface area contributed by atoms with Gasteiger partial charge in [0.05, 0.1) is 25.0 Å². The molecule has 0 heterocycles. The molecule has 2 bridgehead atoms. The number of carbonyl (C=O) groups excluding carboxylic acids is 4. The van der Waals surface area contributed by atoms with E-state index in [1.54, 1.807) is 0 Å². The zero-order chi connectivity index (χ0) is 44.9. The maximum Gasteiger partial charge on any atom is 0.422 e. The first-order valence-electron chi connectivity index (χ1n) is 23.0. The lowest BCUT2D eigenvalue weighted by molar-refractivity contribution is -0.152. The molecule has 2 unspecified atom stereocenters. The van der Waals surface area contributed by atoms with E-state index in [0.29, 0.717) is 48.0 Å². The molecule has 346 valence electrons. The van der Waals surface area contributed by atoms with Crippen molar-refractivity contribution in [2.75, 3.05) is 13.2 Å². The number of ether oxygens (including phenoxy) is 4. The van der Waals surface area contributed by atoms with E-state index in [1.165, 1.54) is 0 Å². The lowest BCUT2D eigenvalue weighted by atomic mass is 9.79. The van der Waals surface area contributed by atoms with Crippen LogP contribution < -0.4 is 9.47 Å². The van der Waals surface area contributed by atoms with Crippen LogP contribution in [0.5, 0.6) is 11.5 Å². The minimum absolute atomic E-state index is 0.0463. The number of hydrogen-bond donors (Lipinski definition) is 0. The van der Waals surface area contributed by atoms with Crippen LogP contribution in [0.25, 0.3) is 0 Å². The standard InChI is InChI=1S/C48H64F6O8/c1-31(47(49,50)51)43(55)59-28-12-8-4-3-6-10-14-33-16-20-35(21-17-33)45(57)61-39-26-27-40(42-38-25-24-37(30-38)41(39)42)62-46(58)36-22-18-34(19-23-36)15-11-7-5-9-13-29-60-44(56)32(2)48(52,53)54/h26-27,33-38H,1-25,28-30H2. The van der Waals surface area contributed by atoms with Crippen LogP contribution in [0.4, 0.5) is 26.3 Å². The highest BCUT2D eigenvalue weighted by Gasteiger charge is 2.43. The molecule has 0 saturated heterocycles. The Morgan fingerprint density at radius 3 is 1.19 bits per heavy atom. The lowest BCUT2D eigenvalue weighted by Crippen LogP contribution is -2.27. The Labute approximate surface area is 361 Å². The van der Waals surface area contributed by atoms with Crippen molar-refractivity contribution in [1.82, 2.24) is 0 Å². The van der Waals surface area contributed by atoms with Crippen molar-refractivity contribution < 1.29 is 64.5 Å². The van der Waals surface area contributed by atoms with E-state index in [2.05, 4.69) is 22.6 Å². The molecule has 3 fully saturated rings. The summed E-state index contributed by atoms with van der Waals surface area (Å²) in [6.07, 6.45) is 12.3. The topological polar surface area (TPSA) is 105 Å². The molecule has 5 rings (SSSR count). The molecule has 0 amide bonds. The number of carbonyl (C=O) groups is 4. The van der Waals surface area contributed by atoms with Crippen LogP contribution in [0.2, 0.25) is 0 Å². The van der Waals surface area contributed by atoms with Gasteiger partial charge >= 0.3 is 36.2 Å². The van der Waals surface area contributed by atoms with E-state index in [0.717, 1.165) is 152 Å². The van der Waals surface area contributed by atoms with Crippen molar-refractivity contribution in [2.45, 2.75) is 178 Å². The molecular formula is C48H64F6O8. The zero-order valence-corrected chi connectivity index (χ0v) is 36.0. The number of unbranched alkanes of at least 4 members (excludes halogenated alkanes) is 9. The summed E-state index contributed by atoms with van der Waals surface area (Å²) >= 11 is 0. The number of fused-ring (bicyclic) bond motifs is 5. The average molecular weight is 883 g/mol. The van der Waals surface area contributed by atoms with E-state index in [1.807, 2.05) is 12.1 Å². The monoisotopic (exact) mass is 882 g/mol. The lowest BCUT2D eigenvalue weighted by Gasteiger charge is -2.29. The van der Waals surface area contributed by atoms with E-state index in [4.69, 9.17) is 9.47 Å². The van der Waals surface area contributed by atoms with Crippen LogP contribution in [0.1, 0.15) is 177 Å². The fourth-order valence-electron chi connectivity index (χ4n) is 9.92. The Morgan fingerprint density at radius 2 is 0.839 bits per heavy atom. The summed E-state index contributed by atoms with van der Waals surface area (Å²) in [5.74, 6) is -0.566. The molecule has 0 N–H and O–H groups in total. The summed E-state index contributed by atoms with van der Waals surface area (Å²) in [5, 5.41) is 0. The second kappa shape index (κ2) is 23.2. The van der Waals surface area contributed by atoms with Gasteiger partial charge in [0, 0.05) is 11.1 Å². The van der Waals surface area contributed by atoms with Crippen molar-refractivity contribution in [2.24, 2.45) is 23.7 Å². The van der Waals surface area contributed by atoms with Crippen LogP contribution >= 0.6 is 0 Å². The smallest absolute Gasteiger partial charge is 0.422 e. The van der Waals surface area contributed by atoms with Crippen molar-refractivity contribution in [3.05, 3.63) is 47.6 Å². The zero-order valence-electron chi connectivity index (χ0n) is 36.0. The van der Waals surface area contributed by atoms with Gasteiger partial charge in [0.1, 0.15) is 22.6 Å². The normalized spacial score (nSPS) is 23.3. The summed E-state index contributed by atoms with van der Waals surface area (Å²) in [5.41, 5.74) is -0.887. The molecule has 4 aliphatic carbocycles. The second-order valence-electron chi connectivity index (χ2n) is 18.1. The number of hydrogen-bond acceptors (Lipinski definition) is 8. The van der Waals surface area contributed by atoms with Gasteiger partial charge in [-0.15, -0.1) is 0 Å². The Bertz CT molecular complexity index is 1700. The molecule has 1 aromatic carbocycles. The van der Waals surface area contributed by atoms with Gasteiger partial charge in [-0.05, 0) is 119 Å². The van der Waals surface area contributed by atoms with Crippen LogP contribution in [-0.2, 0) is 28.7 Å². The van der Waals surface area contributed by atoms with E-state index in [-0.39, 0.29) is 37.0 Å². The summed E-state index contributed by atoms with van der Waals surface area (Å²) < 4.78 is 96.6. The highest BCUT2D eigenvalue weighted by atomic mass is 19.4. The molecule has 0 aliphatic heterocycles. The van der Waals surface area contributed by atoms with E-state index >= 15 is 0 Å². The van der Waals surface area contributed by atoms with Crippen LogP contribution in [0.15, 0.2) is 36.4 Å². The predicted octanol–water partition coefficient (Wildman–Crippen LogP) is 12.9. The van der Waals surface area contributed by atoms with Gasteiger partial charge in [0.2, 0.25) is 0 Å². The molecule has 0 spiro atoms. The summed E-state index contributed by atoms with van der Waals surface area (Å²) in [4.78, 5) is 49.7. The van der Waals surface area contributed by atoms with Gasteiger partial charge in [-0.2, -0.15) is 26.3 Å². The van der Waals surface area contributed by atoms with Gasteiger partial charge in [-0.1, -0.05) is 83.8 Å². The molecule has 14 heteroatoms. The maximum atomic E-state index is 13.5. The van der Waals surface area contributed by atoms with Gasteiger partial charge in [0.15, 0.2) is 0 Å². The van der Waals surface area contributed by atoms with Gasteiger partial charge < -0.3 is 18.9 Å². The molecule has 0 aromatic heterocycles. The first-order valence-corrected chi connectivity index (χ1v) is 23.0. The third-order valence-corrected chi connectivity index (χ3v) is 13.6. The third-order valence-electron chi connectivity index (χ3n) is 13.6. The van der Waals surface area contributed by atoms with Gasteiger partial charge in [-0.3, -0.25) is 9.59 Å². The fourth-order valence-corrected chi connectivity index (χ4v) is 9.92. The van der Waals surface area contributed by atoms with Gasteiger partial charge in [-0.25, -0.2) is 9.59 Å². The summed E-state index contributed by atoms with van der Waals surface area (Å²) in [7, 11) is 0. The Balaban J connectivity index is 0.948. The van der Waals surface area contributed by atoms with Crippen molar-refractivity contribution in [3.63, 3.8) is 0 Å². The number of rotatable bonds is 23. The number of esters is 4. The van der Waals surface area contributed by atoms with Gasteiger partial charge in [0.25, 0.3) is 0 Å². The highest BCUT2D eigenvalue weighted by molar-refractivity contribution is 5.89. The average Bonchev–Trinajstić information content (AvgIpc) is 3.87. The minimum Gasteiger partial charge on any atom is -0.462 e. The molecular weight excluding hydrogens is 819 g/mol. The first kappa shape index (κ1) is 49.2. The number of halogens is 6. The molecule has 62 heavy (non-hydrogen) atoms. The molecule has 1 aromatic rings. The summed E-state index contributed by atoms with van der Waals surface area (Å²) in [6.45, 7) is 5.40. The van der Waals surface area contributed by atoms with Crippen LogP contribution in [-0.4, -0.2) is 49.4 Å². The predicted molar refractivity (Wildman–Crippen MR) is 220 cm³/mol. The van der Waals surface area contributed by atoms with Crippen LogP contribution in [0, 0.1) is 23.7 Å². The van der Waals surface area contributed by atoms with E-state index in [9.17, 15) is 45.5 Å². The number of benzene rings is 1. The third kappa shape index (κ3) is 14.3. The highest BCUT2D eigenvalue weighted by Crippen LogP contribution is 2.59. The Morgan fingerprint density at radius 1 is 0.500 bits per heavy atom. The van der Waals surface area contributed by atoms with Crippen molar-refractivity contribution >= 4 is 23.9 Å². The van der Waals surface area contributed by atoms with Crippen molar-refractivity contribution in [3.8, 4) is 11.5 Å². The van der Waals surface area contributed by atoms with Crippen LogP contribution in [0.3, 0.4) is 0 Å². The second-order valence-corrected chi connectivity index (χ2v) is 18.1. The molecule has 2 atom stereocenters. The molecule has 4 aliphatic rings. The van der Waals surface area contributed by atoms with Crippen molar-refractivity contribution in [1.29, 1.82) is 0 Å². The first-order chi connectivity index (χ1) is 29.5. The molecule has 8 nitrogen and oxygen atoms in total. The largest absolute Gasteiger partial charge is 0.462 e. The molecule has 3 saturated carbocycles. The Hall–Kier alpha value is -3.84. The molecule has 0 radical (unpaired) electrons.